The lowest BCUT2D eigenvalue weighted by Crippen LogP contribution is -2.09. The first-order chi connectivity index (χ1) is 14.8. The molecule has 0 unspecified atom stereocenters. The van der Waals surface area contributed by atoms with Crippen LogP contribution in [0.15, 0.2) is 66.7 Å². The third-order valence-corrected chi connectivity index (χ3v) is 5.41. The first-order valence-corrected chi connectivity index (χ1v) is 10.1. The standard InChI is InChI=1S/C25H26N4O2/c1-27(2)20-11-9-18(10-12-20)24(30)15-17-5-7-19(8-6-17)25-26-22-14-13-21(28(3)4)16-23(22)29(25)31/h5-14,16,31H,15H2,1-4H3. The van der Waals surface area contributed by atoms with E-state index in [1.165, 1.54) is 0 Å². The zero-order valence-corrected chi connectivity index (χ0v) is 18.2. The van der Waals surface area contributed by atoms with Gasteiger partial charge in [0.25, 0.3) is 0 Å². The minimum Gasteiger partial charge on any atom is -0.426 e. The Kier molecular flexibility index (Phi) is 5.38. The van der Waals surface area contributed by atoms with Crippen molar-refractivity contribution in [1.29, 1.82) is 0 Å². The molecule has 31 heavy (non-hydrogen) atoms. The molecule has 1 heterocycles. The number of aromatic nitrogens is 2. The highest BCUT2D eigenvalue weighted by Crippen LogP contribution is 2.27. The number of rotatable bonds is 6. The fourth-order valence-electron chi connectivity index (χ4n) is 3.52. The molecule has 4 rings (SSSR count). The number of carbonyl (C=O) groups excluding carboxylic acids is 1. The van der Waals surface area contributed by atoms with E-state index >= 15 is 0 Å². The molecule has 0 aliphatic rings. The molecule has 0 saturated carbocycles. The summed E-state index contributed by atoms with van der Waals surface area (Å²) in [6.07, 6.45) is 0.323. The number of imidazole rings is 1. The largest absolute Gasteiger partial charge is 0.426 e. The van der Waals surface area contributed by atoms with Gasteiger partial charge in [-0.15, -0.1) is 0 Å². The molecule has 0 radical (unpaired) electrons. The van der Waals surface area contributed by atoms with Crippen LogP contribution >= 0.6 is 0 Å². The summed E-state index contributed by atoms with van der Waals surface area (Å²) >= 11 is 0. The Morgan fingerprint density at radius 2 is 1.48 bits per heavy atom. The molecule has 0 amide bonds. The van der Waals surface area contributed by atoms with Crippen LogP contribution in [0.2, 0.25) is 0 Å². The van der Waals surface area contributed by atoms with Crippen LogP contribution in [0.4, 0.5) is 11.4 Å². The molecule has 6 nitrogen and oxygen atoms in total. The molecule has 0 aliphatic heterocycles. The molecule has 4 aromatic rings. The van der Waals surface area contributed by atoms with E-state index in [-0.39, 0.29) is 5.78 Å². The quantitative estimate of drug-likeness (QED) is 0.372. The average molecular weight is 415 g/mol. The van der Waals surface area contributed by atoms with E-state index in [0.29, 0.717) is 23.3 Å². The van der Waals surface area contributed by atoms with Gasteiger partial charge in [0.05, 0.1) is 5.52 Å². The summed E-state index contributed by atoms with van der Waals surface area (Å²) in [5.74, 6) is 0.548. The number of benzene rings is 3. The lowest BCUT2D eigenvalue weighted by Gasteiger charge is -2.12. The van der Waals surface area contributed by atoms with Crippen molar-refractivity contribution < 1.29 is 10.0 Å². The van der Waals surface area contributed by atoms with Gasteiger partial charge in [-0.05, 0) is 48.0 Å². The van der Waals surface area contributed by atoms with Crippen molar-refractivity contribution in [3.05, 3.63) is 77.9 Å². The summed E-state index contributed by atoms with van der Waals surface area (Å²) in [5, 5.41) is 10.7. The minimum atomic E-state index is 0.0728. The SMILES string of the molecule is CN(C)c1ccc(C(=O)Cc2ccc(-c3nc4ccc(N(C)C)cc4n3O)cc2)cc1. The molecule has 158 valence electrons. The molecular formula is C25H26N4O2. The number of ketones is 1. The Morgan fingerprint density at radius 3 is 2.10 bits per heavy atom. The van der Waals surface area contributed by atoms with Gasteiger partial charge in [0.15, 0.2) is 11.6 Å². The first kappa shape index (κ1) is 20.5. The summed E-state index contributed by atoms with van der Waals surface area (Å²) in [6.45, 7) is 0. The molecule has 1 aromatic heterocycles. The zero-order valence-electron chi connectivity index (χ0n) is 18.2. The van der Waals surface area contributed by atoms with Gasteiger partial charge >= 0.3 is 0 Å². The maximum Gasteiger partial charge on any atom is 0.176 e. The maximum absolute atomic E-state index is 12.6. The molecule has 1 N–H and O–H groups in total. The van der Waals surface area contributed by atoms with Gasteiger partial charge in [-0.3, -0.25) is 4.79 Å². The van der Waals surface area contributed by atoms with E-state index in [0.717, 1.165) is 32.7 Å². The second-order valence-electron chi connectivity index (χ2n) is 8.05. The first-order valence-electron chi connectivity index (χ1n) is 10.1. The van der Waals surface area contributed by atoms with Crippen LogP contribution in [-0.4, -0.2) is 48.9 Å². The molecule has 3 aromatic carbocycles. The van der Waals surface area contributed by atoms with Crippen LogP contribution in [0.5, 0.6) is 0 Å². The highest BCUT2D eigenvalue weighted by Gasteiger charge is 2.14. The minimum absolute atomic E-state index is 0.0728. The number of carbonyl (C=O) groups is 1. The van der Waals surface area contributed by atoms with Gasteiger partial charge < -0.3 is 15.0 Å². The number of anilines is 2. The lowest BCUT2D eigenvalue weighted by atomic mass is 10.0. The predicted octanol–water partition coefficient (Wildman–Crippen LogP) is 4.50. The van der Waals surface area contributed by atoms with Crippen LogP contribution in [-0.2, 0) is 6.42 Å². The highest BCUT2D eigenvalue weighted by atomic mass is 16.5. The number of hydrogen-bond acceptors (Lipinski definition) is 5. The number of Topliss-reactive ketones (excluding diaryl/α,β-unsaturated/α-hetero) is 1. The van der Waals surface area contributed by atoms with Crippen molar-refractivity contribution in [2.75, 3.05) is 38.0 Å². The Balaban J connectivity index is 1.54. The van der Waals surface area contributed by atoms with Crippen molar-refractivity contribution in [3.63, 3.8) is 0 Å². The number of hydrogen-bond donors (Lipinski definition) is 1. The monoisotopic (exact) mass is 414 g/mol. The summed E-state index contributed by atoms with van der Waals surface area (Å²) in [6, 6.07) is 21.0. The van der Waals surface area contributed by atoms with E-state index in [1.807, 2.05) is 105 Å². The van der Waals surface area contributed by atoms with Crippen molar-refractivity contribution in [3.8, 4) is 11.4 Å². The number of nitrogens with zero attached hydrogens (tertiary/aromatic N) is 4. The molecule has 0 fully saturated rings. The molecule has 0 aliphatic carbocycles. The molecule has 0 atom stereocenters. The zero-order chi connectivity index (χ0) is 22.1. The van der Waals surface area contributed by atoms with E-state index < -0.39 is 0 Å². The Morgan fingerprint density at radius 1 is 0.871 bits per heavy atom. The summed E-state index contributed by atoms with van der Waals surface area (Å²) in [4.78, 5) is 21.2. The van der Waals surface area contributed by atoms with Crippen molar-refractivity contribution in [1.82, 2.24) is 9.71 Å². The average Bonchev–Trinajstić information content (AvgIpc) is 3.10. The van der Waals surface area contributed by atoms with Gasteiger partial charge in [-0.25, -0.2) is 4.98 Å². The molecule has 0 saturated heterocycles. The molecule has 0 spiro atoms. The Labute approximate surface area is 181 Å². The topological polar surface area (TPSA) is 61.6 Å². The smallest absolute Gasteiger partial charge is 0.176 e. The van der Waals surface area contributed by atoms with Gasteiger partial charge in [-0.1, -0.05) is 24.3 Å². The van der Waals surface area contributed by atoms with E-state index in [1.54, 1.807) is 0 Å². The van der Waals surface area contributed by atoms with Crippen LogP contribution < -0.4 is 9.80 Å². The van der Waals surface area contributed by atoms with Crippen molar-refractivity contribution in [2.24, 2.45) is 0 Å². The number of fused-ring (bicyclic) bond motifs is 1. The lowest BCUT2D eigenvalue weighted by molar-refractivity contribution is 0.0993. The molecule has 0 bridgehead atoms. The van der Waals surface area contributed by atoms with E-state index in [2.05, 4.69) is 4.98 Å². The van der Waals surface area contributed by atoms with Crippen molar-refractivity contribution in [2.45, 2.75) is 6.42 Å². The molecular weight excluding hydrogens is 388 g/mol. The Hall–Kier alpha value is -3.80. The highest BCUT2D eigenvalue weighted by molar-refractivity contribution is 5.97. The molecule has 6 heteroatoms. The van der Waals surface area contributed by atoms with Crippen molar-refractivity contribution >= 4 is 28.2 Å². The van der Waals surface area contributed by atoms with Gasteiger partial charge in [0, 0.05) is 57.1 Å². The second kappa shape index (κ2) is 8.14. The third kappa shape index (κ3) is 4.10. The van der Waals surface area contributed by atoms with Gasteiger partial charge in [0.2, 0.25) is 0 Å². The van der Waals surface area contributed by atoms with E-state index in [4.69, 9.17) is 0 Å². The van der Waals surface area contributed by atoms with Crippen LogP contribution in [0.25, 0.3) is 22.4 Å². The van der Waals surface area contributed by atoms with Crippen LogP contribution in [0.1, 0.15) is 15.9 Å². The van der Waals surface area contributed by atoms with E-state index in [9.17, 15) is 10.0 Å². The normalized spacial score (nSPS) is 11.0. The van der Waals surface area contributed by atoms with Gasteiger partial charge in [-0.2, -0.15) is 4.73 Å². The van der Waals surface area contributed by atoms with Crippen LogP contribution in [0.3, 0.4) is 0 Å². The Bertz CT molecular complexity index is 1220. The fourth-order valence-corrected chi connectivity index (χ4v) is 3.52. The predicted molar refractivity (Wildman–Crippen MR) is 125 cm³/mol. The third-order valence-electron chi connectivity index (χ3n) is 5.41. The second-order valence-corrected chi connectivity index (χ2v) is 8.05. The summed E-state index contributed by atoms with van der Waals surface area (Å²) in [5.41, 5.74) is 5.83. The maximum atomic E-state index is 12.6. The fraction of sp³-hybridized carbons (Fsp3) is 0.200. The van der Waals surface area contributed by atoms with Gasteiger partial charge in [0.1, 0.15) is 5.52 Å². The summed E-state index contributed by atoms with van der Waals surface area (Å²) in [7, 11) is 7.86. The van der Waals surface area contributed by atoms with Crippen LogP contribution in [0, 0.1) is 0 Å². The summed E-state index contributed by atoms with van der Waals surface area (Å²) < 4.78 is 1.12.